The van der Waals surface area contributed by atoms with Crippen molar-refractivity contribution in [2.24, 2.45) is 0 Å². The summed E-state index contributed by atoms with van der Waals surface area (Å²) in [5.41, 5.74) is 2.18. The third kappa shape index (κ3) is 4.18. The van der Waals surface area contributed by atoms with Crippen molar-refractivity contribution in [1.29, 1.82) is 0 Å². The van der Waals surface area contributed by atoms with Gasteiger partial charge in [0.25, 0.3) is 0 Å². The predicted molar refractivity (Wildman–Crippen MR) is 93.9 cm³/mol. The number of nitrogens with zero attached hydrogens (tertiary/aromatic N) is 3. The zero-order valence-corrected chi connectivity index (χ0v) is 14.5. The summed E-state index contributed by atoms with van der Waals surface area (Å²) in [5.74, 6) is 0.456. The fourth-order valence-electron chi connectivity index (χ4n) is 2.18. The Bertz CT molecular complexity index is 748. The second-order valence-corrected chi connectivity index (χ2v) is 5.91. The molecule has 6 nitrogen and oxygen atoms in total. The summed E-state index contributed by atoms with van der Waals surface area (Å²) in [6.45, 7) is 5.42. The molecule has 2 N–H and O–H groups in total. The van der Waals surface area contributed by atoms with Crippen molar-refractivity contribution >= 4 is 23.4 Å². The van der Waals surface area contributed by atoms with Crippen LogP contribution in [0.25, 0.3) is 0 Å². The van der Waals surface area contributed by atoms with Crippen LogP contribution in [0.15, 0.2) is 24.4 Å². The van der Waals surface area contributed by atoms with Crippen LogP contribution in [0.1, 0.15) is 18.1 Å². The Morgan fingerprint density at radius 1 is 1.25 bits per heavy atom. The molecule has 24 heavy (non-hydrogen) atoms. The number of benzene rings is 1. The van der Waals surface area contributed by atoms with E-state index in [-0.39, 0.29) is 5.91 Å². The highest BCUT2D eigenvalue weighted by Crippen LogP contribution is 2.18. The molecule has 0 aliphatic heterocycles. The van der Waals surface area contributed by atoms with Crippen LogP contribution < -0.4 is 15.5 Å². The molecule has 1 aromatic heterocycles. The van der Waals surface area contributed by atoms with E-state index in [1.807, 2.05) is 25.9 Å². The molecule has 0 spiro atoms. The third-order valence-corrected chi connectivity index (χ3v) is 3.56. The monoisotopic (exact) mass is 331 g/mol. The number of hydrogen-bond acceptors (Lipinski definition) is 5. The van der Waals surface area contributed by atoms with E-state index < -0.39 is 11.9 Å². The average molecular weight is 331 g/mol. The maximum absolute atomic E-state index is 13.3. The molecule has 2 aromatic rings. The van der Waals surface area contributed by atoms with E-state index in [0.29, 0.717) is 11.6 Å². The van der Waals surface area contributed by atoms with E-state index in [1.54, 1.807) is 26.1 Å². The highest BCUT2D eigenvalue weighted by molar-refractivity contribution is 5.96. The lowest BCUT2D eigenvalue weighted by Gasteiger charge is -2.18. The van der Waals surface area contributed by atoms with Gasteiger partial charge in [0.1, 0.15) is 17.7 Å². The number of rotatable bonds is 5. The van der Waals surface area contributed by atoms with Gasteiger partial charge in [0, 0.05) is 31.5 Å². The largest absolute Gasteiger partial charge is 0.362 e. The molecule has 0 fully saturated rings. The first-order valence-electron chi connectivity index (χ1n) is 7.62. The topological polar surface area (TPSA) is 70.2 Å². The average Bonchev–Trinajstić information content (AvgIpc) is 2.52. The third-order valence-electron chi connectivity index (χ3n) is 3.56. The molecule has 7 heteroatoms. The molecule has 1 aromatic carbocycles. The van der Waals surface area contributed by atoms with Gasteiger partial charge in [0.05, 0.1) is 0 Å². The molecule has 0 aliphatic carbocycles. The summed E-state index contributed by atoms with van der Waals surface area (Å²) in [5, 5.41) is 5.68. The zero-order chi connectivity index (χ0) is 17.9. The molecule has 0 aliphatic rings. The Kier molecular flexibility index (Phi) is 5.33. The van der Waals surface area contributed by atoms with Gasteiger partial charge in [0.2, 0.25) is 11.9 Å². The van der Waals surface area contributed by atoms with Crippen LogP contribution in [0.2, 0.25) is 0 Å². The van der Waals surface area contributed by atoms with Gasteiger partial charge in [-0.2, -0.15) is 4.98 Å². The number of aromatic nitrogens is 2. The summed E-state index contributed by atoms with van der Waals surface area (Å²) in [4.78, 5) is 22.8. The van der Waals surface area contributed by atoms with Crippen LogP contribution in [0.5, 0.6) is 0 Å². The second kappa shape index (κ2) is 7.25. The molecule has 0 saturated heterocycles. The lowest BCUT2D eigenvalue weighted by atomic mass is 10.2. The van der Waals surface area contributed by atoms with Gasteiger partial charge in [-0.1, -0.05) is 6.07 Å². The van der Waals surface area contributed by atoms with Crippen molar-refractivity contribution in [3.63, 3.8) is 0 Å². The Morgan fingerprint density at radius 2 is 1.96 bits per heavy atom. The summed E-state index contributed by atoms with van der Waals surface area (Å²) < 4.78 is 13.3. The van der Waals surface area contributed by atoms with Crippen LogP contribution in [-0.4, -0.2) is 36.0 Å². The molecular weight excluding hydrogens is 309 g/mol. The number of aryl methyl sites for hydroxylation is 2. The summed E-state index contributed by atoms with van der Waals surface area (Å²) >= 11 is 0. The maximum atomic E-state index is 13.3. The van der Waals surface area contributed by atoms with Gasteiger partial charge in [-0.25, -0.2) is 9.37 Å². The number of carbonyl (C=O) groups excluding carboxylic acids is 1. The van der Waals surface area contributed by atoms with Crippen LogP contribution in [0.4, 0.5) is 21.8 Å². The van der Waals surface area contributed by atoms with Gasteiger partial charge in [-0.15, -0.1) is 0 Å². The summed E-state index contributed by atoms with van der Waals surface area (Å²) in [7, 11) is 3.78. The fraction of sp³-hybridized carbons (Fsp3) is 0.353. The lowest BCUT2D eigenvalue weighted by Crippen LogP contribution is -2.33. The van der Waals surface area contributed by atoms with E-state index in [1.165, 1.54) is 12.1 Å². The van der Waals surface area contributed by atoms with Crippen molar-refractivity contribution in [2.75, 3.05) is 29.6 Å². The van der Waals surface area contributed by atoms with Crippen molar-refractivity contribution in [3.8, 4) is 0 Å². The number of amides is 1. The first-order chi connectivity index (χ1) is 11.3. The standard InChI is InChI=1S/C17H22FN5O/c1-10-6-7-13(18)8-14(10)21-16(24)12(3)20-17-19-9-11(2)15(22-17)23(4)5/h6-9,12H,1-5H3,(H,21,24)(H,19,20,22)/t12-/m1/s1. The second-order valence-electron chi connectivity index (χ2n) is 5.91. The number of hydrogen-bond donors (Lipinski definition) is 2. The Balaban J connectivity index is 2.09. The van der Waals surface area contributed by atoms with Crippen LogP contribution >= 0.6 is 0 Å². The molecule has 1 atom stereocenters. The highest BCUT2D eigenvalue weighted by atomic mass is 19.1. The van der Waals surface area contributed by atoms with Gasteiger partial charge in [-0.05, 0) is 38.5 Å². The van der Waals surface area contributed by atoms with Gasteiger partial charge in [0.15, 0.2) is 0 Å². The molecule has 0 saturated carbocycles. The fourth-order valence-corrected chi connectivity index (χ4v) is 2.18. The van der Waals surface area contributed by atoms with Crippen LogP contribution in [0, 0.1) is 19.7 Å². The van der Waals surface area contributed by atoms with Crippen molar-refractivity contribution in [3.05, 3.63) is 41.3 Å². The maximum Gasteiger partial charge on any atom is 0.246 e. The van der Waals surface area contributed by atoms with E-state index in [9.17, 15) is 9.18 Å². The molecule has 2 rings (SSSR count). The van der Waals surface area contributed by atoms with Crippen molar-refractivity contribution < 1.29 is 9.18 Å². The first kappa shape index (κ1) is 17.7. The zero-order valence-electron chi connectivity index (χ0n) is 14.5. The predicted octanol–water partition coefficient (Wildman–Crippen LogP) is 2.74. The Hall–Kier alpha value is -2.70. The first-order valence-corrected chi connectivity index (χ1v) is 7.62. The lowest BCUT2D eigenvalue weighted by molar-refractivity contribution is -0.116. The molecule has 1 heterocycles. The van der Waals surface area contributed by atoms with Crippen LogP contribution in [0.3, 0.4) is 0 Å². The Labute approximate surface area is 141 Å². The highest BCUT2D eigenvalue weighted by Gasteiger charge is 2.16. The smallest absolute Gasteiger partial charge is 0.246 e. The normalized spacial score (nSPS) is 11.8. The van der Waals surface area contributed by atoms with E-state index in [0.717, 1.165) is 16.9 Å². The summed E-state index contributed by atoms with van der Waals surface area (Å²) in [6, 6.07) is 3.70. The molecule has 0 unspecified atom stereocenters. The molecule has 0 bridgehead atoms. The quantitative estimate of drug-likeness (QED) is 0.881. The number of anilines is 3. The minimum absolute atomic E-state index is 0.292. The van der Waals surface area contributed by atoms with E-state index in [2.05, 4.69) is 20.6 Å². The number of nitrogens with one attached hydrogen (secondary N) is 2. The Morgan fingerprint density at radius 3 is 2.62 bits per heavy atom. The SMILES string of the molecule is Cc1ccc(F)cc1NC(=O)[C@@H](C)Nc1ncc(C)c(N(C)C)n1. The minimum atomic E-state index is -0.578. The number of halogens is 1. The van der Waals surface area contributed by atoms with Crippen molar-refractivity contribution in [1.82, 2.24) is 9.97 Å². The molecule has 128 valence electrons. The molecule has 1 amide bonds. The molecule has 0 radical (unpaired) electrons. The van der Waals surface area contributed by atoms with Crippen molar-refractivity contribution in [2.45, 2.75) is 26.8 Å². The van der Waals surface area contributed by atoms with E-state index in [4.69, 9.17) is 0 Å². The summed E-state index contributed by atoms with van der Waals surface area (Å²) in [6.07, 6.45) is 1.70. The number of carbonyl (C=O) groups is 1. The van der Waals surface area contributed by atoms with Gasteiger partial charge >= 0.3 is 0 Å². The van der Waals surface area contributed by atoms with Crippen LogP contribution in [-0.2, 0) is 4.79 Å². The van der Waals surface area contributed by atoms with Gasteiger partial charge in [-0.3, -0.25) is 4.79 Å². The van der Waals surface area contributed by atoms with Gasteiger partial charge < -0.3 is 15.5 Å². The minimum Gasteiger partial charge on any atom is -0.362 e. The molecular formula is C17H22FN5O. The van der Waals surface area contributed by atoms with E-state index >= 15 is 0 Å².